The molecule has 22 heavy (non-hydrogen) atoms. The van der Waals surface area contributed by atoms with E-state index in [2.05, 4.69) is 14.4 Å². The molecule has 0 fully saturated rings. The van der Waals surface area contributed by atoms with Crippen LogP contribution in [-0.2, 0) is 18.6 Å². The summed E-state index contributed by atoms with van der Waals surface area (Å²) in [4.78, 5) is 28.2. The Kier molecular flexibility index (Phi) is 16.4. The summed E-state index contributed by atoms with van der Waals surface area (Å²) in [6.45, 7) is 7.20. The number of hydrogen-bond acceptors (Lipinski definition) is 5. The van der Waals surface area contributed by atoms with Crippen LogP contribution in [0.4, 0.5) is 5.69 Å². The first-order valence-corrected chi connectivity index (χ1v) is 7.73. The number of rotatable bonds is 5. The van der Waals surface area contributed by atoms with E-state index in [1.807, 2.05) is 44.2 Å². The van der Waals surface area contributed by atoms with Crippen LogP contribution in [0, 0.1) is 0 Å². The second-order valence-electron chi connectivity index (χ2n) is 3.64. The van der Waals surface area contributed by atoms with Gasteiger partial charge in [-0.25, -0.2) is 0 Å². The van der Waals surface area contributed by atoms with Crippen molar-refractivity contribution in [1.82, 2.24) is 0 Å². The average molecular weight is 333 g/mol. The topological polar surface area (TPSA) is 105 Å². The maximum atomic E-state index is 10.5. The van der Waals surface area contributed by atoms with Crippen molar-refractivity contribution in [2.75, 3.05) is 18.5 Å². The summed E-state index contributed by atoms with van der Waals surface area (Å²) < 4.78 is 9.36. The van der Waals surface area contributed by atoms with Crippen molar-refractivity contribution in [3.05, 3.63) is 30.3 Å². The number of nitrogens with one attached hydrogen (secondary N) is 1. The fraction of sp³-hybridized carbons (Fsp3) is 0.429. The van der Waals surface area contributed by atoms with Crippen LogP contribution < -0.4 is 5.32 Å². The zero-order valence-corrected chi connectivity index (χ0v) is 14.2. The second-order valence-corrected chi connectivity index (χ2v) is 4.63. The number of anilines is 1. The maximum Gasteiger partial charge on any atom is 0.329 e. The van der Waals surface area contributed by atoms with Gasteiger partial charge in [0.1, 0.15) is 0 Å². The van der Waals surface area contributed by atoms with E-state index in [1.165, 1.54) is 6.92 Å². The summed E-state index contributed by atoms with van der Waals surface area (Å²) in [5.74, 6) is -0.869. The van der Waals surface area contributed by atoms with Crippen LogP contribution in [0.5, 0.6) is 0 Å². The fourth-order valence-electron chi connectivity index (χ4n) is 0.983. The molecule has 1 aromatic rings. The van der Waals surface area contributed by atoms with Gasteiger partial charge in [-0.05, 0) is 26.0 Å². The largest absolute Gasteiger partial charge is 0.481 e. The molecule has 3 N–H and O–H groups in total. The first kappa shape index (κ1) is 22.7. The standard InChI is InChI=1S/C8H9NO.C4H11O3P.C2H4O2/c1-7(10)9-8-5-3-2-4-6-8;1-3-6-8(5)7-4-2;1-2(3)4/h2-6H,1H3,(H,9,10);5H,3-4H2,1-2H3;1H3,(H,3,4). The number of carboxylic acid groups (broad SMARTS) is 1. The van der Waals surface area contributed by atoms with Crippen LogP contribution in [-0.4, -0.2) is 35.1 Å². The van der Waals surface area contributed by atoms with Gasteiger partial charge in [0.25, 0.3) is 5.97 Å². The predicted molar refractivity (Wildman–Crippen MR) is 86.4 cm³/mol. The number of carboxylic acids is 1. The first-order chi connectivity index (χ1) is 10.3. The fourth-order valence-corrected chi connectivity index (χ4v) is 1.50. The number of para-hydroxylation sites is 1. The van der Waals surface area contributed by atoms with Crippen molar-refractivity contribution >= 4 is 26.2 Å². The van der Waals surface area contributed by atoms with E-state index >= 15 is 0 Å². The summed E-state index contributed by atoms with van der Waals surface area (Å²) in [6, 6.07) is 9.37. The Morgan fingerprint density at radius 3 is 1.82 bits per heavy atom. The molecular weight excluding hydrogens is 309 g/mol. The Balaban J connectivity index is 0. The van der Waals surface area contributed by atoms with Crippen LogP contribution in [0.3, 0.4) is 0 Å². The highest BCUT2D eigenvalue weighted by Crippen LogP contribution is 2.31. The number of benzene rings is 1. The molecule has 126 valence electrons. The lowest BCUT2D eigenvalue weighted by Gasteiger charge is -2.05. The minimum absolute atomic E-state index is 0.0359. The van der Waals surface area contributed by atoms with Crippen LogP contribution in [0.1, 0.15) is 27.7 Å². The molecule has 8 heteroatoms. The van der Waals surface area contributed by atoms with Gasteiger partial charge in [-0.3, -0.25) is 9.59 Å². The monoisotopic (exact) mass is 333 g/mol. The first-order valence-electron chi connectivity index (χ1n) is 6.60. The normalized spacial score (nSPS) is 9.00. The molecule has 0 aliphatic carbocycles. The summed E-state index contributed by atoms with van der Waals surface area (Å²) >= 11 is 0. The van der Waals surface area contributed by atoms with Gasteiger partial charge in [0.15, 0.2) is 0 Å². The third-order valence-electron chi connectivity index (χ3n) is 1.57. The van der Waals surface area contributed by atoms with E-state index in [0.717, 1.165) is 12.6 Å². The van der Waals surface area contributed by atoms with E-state index in [9.17, 15) is 4.79 Å². The Hall–Kier alpha value is -1.53. The van der Waals surface area contributed by atoms with E-state index in [0.29, 0.717) is 13.2 Å². The van der Waals surface area contributed by atoms with Crippen molar-refractivity contribution < 1.29 is 28.6 Å². The molecule has 0 saturated heterocycles. The zero-order valence-electron chi connectivity index (χ0n) is 13.3. The molecule has 0 spiro atoms. The van der Waals surface area contributed by atoms with Crippen molar-refractivity contribution in [3.8, 4) is 0 Å². The zero-order chi connectivity index (χ0) is 17.4. The molecule has 0 saturated carbocycles. The predicted octanol–water partition coefficient (Wildman–Crippen LogP) is 3.01. The lowest BCUT2D eigenvalue weighted by Crippen LogP contribution is -2.04. The molecule has 0 bridgehead atoms. The molecule has 0 aliphatic rings. The molecule has 0 aromatic heterocycles. The second kappa shape index (κ2) is 15.9. The summed E-state index contributed by atoms with van der Waals surface area (Å²) in [5.41, 5.74) is 0.843. The number of carbonyl (C=O) groups is 2. The molecule has 0 atom stereocenters. The highest BCUT2D eigenvalue weighted by molar-refractivity contribution is 7.40. The van der Waals surface area contributed by atoms with Crippen LogP contribution >= 0.6 is 8.60 Å². The van der Waals surface area contributed by atoms with E-state index in [-0.39, 0.29) is 5.91 Å². The van der Waals surface area contributed by atoms with Gasteiger partial charge in [-0.1, -0.05) is 18.2 Å². The number of hydrogen-bond donors (Lipinski definition) is 3. The van der Waals surface area contributed by atoms with Crippen molar-refractivity contribution in [2.45, 2.75) is 27.7 Å². The molecule has 1 rings (SSSR count). The van der Waals surface area contributed by atoms with E-state index < -0.39 is 14.6 Å². The number of carbonyl (C=O) groups excluding carboxylic acids is 1. The van der Waals surface area contributed by atoms with Gasteiger partial charge in [0.2, 0.25) is 5.91 Å². The third kappa shape index (κ3) is 20.8. The maximum absolute atomic E-state index is 10.5. The van der Waals surface area contributed by atoms with Crippen molar-refractivity contribution in [1.29, 1.82) is 0 Å². The Morgan fingerprint density at radius 2 is 1.50 bits per heavy atom. The third-order valence-corrected chi connectivity index (χ3v) is 2.53. The molecule has 7 nitrogen and oxygen atoms in total. The number of amides is 1. The lowest BCUT2D eigenvalue weighted by atomic mass is 10.3. The van der Waals surface area contributed by atoms with Crippen LogP contribution in [0.2, 0.25) is 0 Å². The van der Waals surface area contributed by atoms with E-state index in [1.54, 1.807) is 0 Å². The van der Waals surface area contributed by atoms with Gasteiger partial charge in [-0.2, -0.15) is 0 Å². The smallest absolute Gasteiger partial charge is 0.329 e. The average Bonchev–Trinajstić information content (AvgIpc) is 2.40. The molecule has 1 aromatic carbocycles. The minimum atomic E-state index is -1.58. The molecule has 0 radical (unpaired) electrons. The molecular formula is C14H24NO6P. The van der Waals surface area contributed by atoms with Gasteiger partial charge < -0.3 is 24.4 Å². The molecule has 0 aliphatic heterocycles. The van der Waals surface area contributed by atoms with Crippen molar-refractivity contribution in [2.24, 2.45) is 0 Å². The Bertz CT molecular complexity index is 392. The van der Waals surface area contributed by atoms with Gasteiger partial charge in [0, 0.05) is 19.5 Å². The van der Waals surface area contributed by atoms with Gasteiger partial charge >= 0.3 is 8.60 Å². The van der Waals surface area contributed by atoms with Crippen LogP contribution in [0.15, 0.2) is 30.3 Å². The summed E-state index contributed by atoms with van der Waals surface area (Å²) in [7, 11) is -1.58. The lowest BCUT2D eigenvalue weighted by molar-refractivity contribution is -0.134. The highest BCUT2D eigenvalue weighted by atomic mass is 31.2. The number of aliphatic carboxylic acids is 1. The quantitative estimate of drug-likeness (QED) is 0.715. The van der Waals surface area contributed by atoms with Crippen LogP contribution in [0.25, 0.3) is 0 Å². The van der Waals surface area contributed by atoms with Gasteiger partial charge in [0.05, 0.1) is 13.2 Å². The Labute approximate surface area is 132 Å². The Morgan fingerprint density at radius 1 is 1.09 bits per heavy atom. The minimum Gasteiger partial charge on any atom is -0.481 e. The SMILES string of the molecule is CC(=O)Nc1ccccc1.CC(=O)O.CCOP(O)OCC. The van der Waals surface area contributed by atoms with E-state index in [4.69, 9.17) is 14.8 Å². The van der Waals surface area contributed by atoms with Crippen molar-refractivity contribution in [3.63, 3.8) is 0 Å². The van der Waals surface area contributed by atoms with Gasteiger partial charge in [-0.15, -0.1) is 0 Å². The summed E-state index contributed by atoms with van der Waals surface area (Å²) in [5, 5.41) is 10.1. The molecule has 1 amide bonds. The highest BCUT2D eigenvalue weighted by Gasteiger charge is 2.00. The summed E-state index contributed by atoms with van der Waals surface area (Å²) in [6.07, 6.45) is 0. The molecule has 0 heterocycles. The molecule has 0 unspecified atom stereocenters.